The molecule has 0 fully saturated rings. The topological polar surface area (TPSA) is 43.3 Å². The molecule has 0 aliphatic heterocycles. The molecule has 0 atom stereocenters. The Labute approximate surface area is 116 Å². The first-order valence-corrected chi connectivity index (χ1v) is 6.41. The van der Waals surface area contributed by atoms with Crippen molar-refractivity contribution in [2.45, 2.75) is 20.0 Å². The number of nitrogens with zero attached hydrogens (tertiary/aromatic N) is 1. The minimum Gasteiger partial charge on any atom is -0.494 e. The van der Waals surface area contributed by atoms with Crippen LogP contribution >= 0.6 is 0 Å². The molecule has 106 valence electrons. The quantitative estimate of drug-likeness (QED) is 0.913. The Kier molecular flexibility index (Phi) is 4.40. The van der Waals surface area contributed by atoms with E-state index in [1.807, 2.05) is 6.92 Å². The van der Waals surface area contributed by atoms with E-state index in [-0.39, 0.29) is 17.1 Å². The number of benzene rings is 1. The highest BCUT2D eigenvalue weighted by Gasteiger charge is 2.03. The van der Waals surface area contributed by atoms with Crippen LogP contribution in [0.3, 0.4) is 0 Å². The van der Waals surface area contributed by atoms with Crippen LogP contribution in [0.1, 0.15) is 12.5 Å². The van der Waals surface area contributed by atoms with E-state index in [1.54, 1.807) is 29.0 Å². The Morgan fingerprint density at radius 1 is 1.30 bits per heavy atom. The monoisotopic (exact) mass is 276 g/mol. The van der Waals surface area contributed by atoms with E-state index in [9.17, 15) is 9.18 Å². The summed E-state index contributed by atoms with van der Waals surface area (Å²) >= 11 is 0. The zero-order valence-corrected chi connectivity index (χ0v) is 11.5. The minimum atomic E-state index is -0.384. The summed E-state index contributed by atoms with van der Waals surface area (Å²) in [5.74, 6) is -0.154. The molecule has 1 aromatic carbocycles. The van der Waals surface area contributed by atoms with Gasteiger partial charge < -0.3 is 14.6 Å². The molecule has 5 heteroatoms. The lowest BCUT2D eigenvalue weighted by Crippen LogP contribution is -2.17. The summed E-state index contributed by atoms with van der Waals surface area (Å²) in [7, 11) is 1.43. The van der Waals surface area contributed by atoms with Crippen LogP contribution in [0.5, 0.6) is 5.75 Å². The summed E-state index contributed by atoms with van der Waals surface area (Å²) in [4.78, 5) is 11.5. The van der Waals surface area contributed by atoms with Gasteiger partial charge in [-0.3, -0.25) is 4.79 Å². The molecule has 0 saturated carbocycles. The molecule has 2 rings (SSSR count). The van der Waals surface area contributed by atoms with E-state index < -0.39 is 0 Å². The van der Waals surface area contributed by atoms with Crippen LogP contribution in [0.25, 0.3) is 0 Å². The molecule has 1 aromatic heterocycles. The molecule has 0 amide bonds. The highest BCUT2D eigenvalue weighted by atomic mass is 19.1. The smallest absolute Gasteiger partial charge is 0.250 e. The molecule has 0 unspecified atom stereocenters. The van der Waals surface area contributed by atoms with E-state index in [1.165, 1.54) is 19.2 Å². The third-order valence-electron chi connectivity index (χ3n) is 3.04. The molecular formula is C15H17FN2O2. The molecule has 0 aliphatic rings. The molecule has 1 heterocycles. The highest BCUT2D eigenvalue weighted by Crippen LogP contribution is 2.18. The van der Waals surface area contributed by atoms with Gasteiger partial charge in [0.1, 0.15) is 0 Å². The standard InChI is InChI=1S/C15H17FN2O2/c1-3-18-10-12(5-7-15(18)19)17-9-11-4-6-14(20-2)13(16)8-11/h4-8,10,17H,3,9H2,1-2H3. The van der Waals surface area contributed by atoms with Crippen molar-refractivity contribution < 1.29 is 9.13 Å². The molecular weight excluding hydrogens is 259 g/mol. The summed E-state index contributed by atoms with van der Waals surface area (Å²) in [5, 5.41) is 3.16. The van der Waals surface area contributed by atoms with Gasteiger partial charge in [-0.2, -0.15) is 0 Å². The van der Waals surface area contributed by atoms with Crippen molar-refractivity contribution in [2.24, 2.45) is 0 Å². The van der Waals surface area contributed by atoms with Crippen LogP contribution in [0, 0.1) is 5.82 Å². The second-order valence-electron chi connectivity index (χ2n) is 4.36. The maximum Gasteiger partial charge on any atom is 0.250 e. The van der Waals surface area contributed by atoms with Crippen molar-refractivity contribution >= 4 is 5.69 Å². The molecule has 1 N–H and O–H groups in total. The zero-order chi connectivity index (χ0) is 14.5. The first-order valence-electron chi connectivity index (χ1n) is 6.41. The van der Waals surface area contributed by atoms with Gasteiger partial charge in [0.15, 0.2) is 11.6 Å². The van der Waals surface area contributed by atoms with Crippen molar-refractivity contribution in [3.63, 3.8) is 0 Å². The summed E-state index contributed by atoms with van der Waals surface area (Å²) in [6.45, 7) is 3.00. The number of aromatic nitrogens is 1. The second kappa shape index (κ2) is 6.23. The highest BCUT2D eigenvalue weighted by molar-refractivity contribution is 5.41. The van der Waals surface area contributed by atoms with Gasteiger partial charge in [0.05, 0.1) is 12.8 Å². The van der Waals surface area contributed by atoms with Gasteiger partial charge in [0.25, 0.3) is 5.56 Å². The Bertz CT molecular complexity index is 653. The summed E-state index contributed by atoms with van der Waals surface area (Å²) in [6.07, 6.45) is 1.75. The minimum absolute atomic E-state index is 0.0338. The number of rotatable bonds is 5. The largest absolute Gasteiger partial charge is 0.494 e. The number of ether oxygens (including phenoxy) is 1. The Morgan fingerprint density at radius 3 is 2.75 bits per heavy atom. The van der Waals surface area contributed by atoms with Crippen molar-refractivity contribution in [1.29, 1.82) is 0 Å². The first kappa shape index (κ1) is 14.1. The van der Waals surface area contributed by atoms with Crippen LogP contribution in [0.15, 0.2) is 41.3 Å². The number of pyridine rings is 1. The lowest BCUT2D eigenvalue weighted by atomic mass is 10.2. The molecule has 4 nitrogen and oxygen atoms in total. The Hall–Kier alpha value is -2.30. The third-order valence-corrected chi connectivity index (χ3v) is 3.04. The first-order chi connectivity index (χ1) is 9.63. The van der Waals surface area contributed by atoms with Crippen LogP contribution in [0.2, 0.25) is 0 Å². The lowest BCUT2D eigenvalue weighted by molar-refractivity contribution is 0.386. The summed E-state index contributed by atoms with van der Waals surface area (Å²) in [6, 6.07) is 8.06. The van der Waals surface area contributed by atoms with E-state index in [0.717, 1.165) is 11.3 Å². The van der Waals surface area contributed by atoms with Crippen LogP contribution in [0.4, 0.5) is 10.1 Å². The Balaban J connectivity index is 2.08. The van der Waals surface area contributed by atoms with Gasteiger partial charge in [0.2, 0.25) is 0 Å². The molecule has 2 aromatic rings. The molecule has 0 radical (unpaired) electrons. The normalized spacial score (nSPS) is 10.3. The maximum absolute atomic E-state index is 13.5. The number of anilines is 1. The summed E-state index contributed by atoms with van der Waals surface area (Å²) in [5.41, 5.74) is 1.59. The zero-order valence-electron chi connectivity index (χ0n) is 11.5. The van der Waals surface area contributed by atoms with Crippen molar-refractivity contribution in [2.75, 3.05) is 12.4 Å². The predicted octanol–water partition coefficient (Wildman–Crippen LogP) is 2.63. The van der Waals surface area contributed by atoms with Crippen molar-refractivity contribution in [3.8, 4) is 5.75 Å². The van der Waals surface area contributed by atoms with E-state index in [0.29, 0.717) is 13.1 Å². The van der Waals surface area contributed by atoms with Gasteiger partial charge >= 0.3 is 0 Å². The van der Waals surface area contributed by atoms with Gasteiger partial charge in [-0.25, -0.2) is 4.39 Å². The van der Waals surface area contributed by atoms with Gasteiger partial charge in [-0.15, -0.1) is 0 Å². The predicted molar refractivity (Wildman–Crippen MR) is 76.7 cm³/mol. The fraction of sp³-hybridized carbons (Fsp3) is 0.267. The fourth-order valence-corrected chi connectivity index (χ4v) is 1.91. The number of hydrogen-bond acceptors (Lipinski definition) is 3. The van der Waals surface area contributed by atoms with E-state index >= 15 is 0 Å². The maximum atomic E-state index is 13.5. The summed E-state index contributed by atoms with van der Waals surface area (Å²) < 4.78 is 20.0. The molecule has 0 saturated heterocycles. The second-order valence-corrected chi connectivity index (χ2v) is 4.36. The number of hydrogen-bond donors (Lipinski definition) is 1. The Morgan fingerprint density at radius 2 is 2.10 bits per heavy atom. The molecule has 0 bridgehead atoms. The lowest BCUT2D eigenvalue weighted by Gasteiger charge is -2.10. The number of aryl methyl sites for hydroxylation is 1. The van der Waals surface area contributed by atoms with Gasteiger partial charge in [0, 0.05) is 25.4 Å². The van der Waals surface area contributed by atoms with Gasteiger partial charge in [-0.05, 0) is 30.7 Å². The van der Waals surface area contributed by atoms with Crippen LogP contribution in [-0.4, -0.2) is 11.7 Å². The molecule has 0 aliphatic carbocycles. The van der Waals surface area contributed by atoms with Crippen LogP contribution < -0.4 is 15.6 Å². The SMILES string of the molecule is CCn1cc(NCc2ccc(OC)c(F)c2)ccc1=O. The third kappa shape index (κ3) is 3.17. The number of nitrogens with one attached hydrogen (secondary N) is 1. The number of halogens is 1. The average Bonchev–Trinajstić information content (AvgIpc) is 2.46. The fourth-order valence-electron chi connectivity index (χ4n) is 1.91. The molecule has 20 heavy (non-hydrogen) atoms. The van der Waals surface area contributed by atoms with E-state index in [4.69, 9.17) is 4.74 Å². The van der Waals surface area contributed by atoms with E-state index in [2.05, 4.69) is 5.32 Å². The van der Waals surface area contributed by atoms with Crippen molar-refractivity contribution in [3.05, 3.63) is 58.3 Å². The molecule has 0 spiro atoms. The van der Waals surface area contributed by atoms with Crippen molar-refractivity contribution in [1.82, 2.24) is 4.57 Å². The number of methoxy groups -OCH3 is 1. The van der Waals surface area contributed by atoms with Crippen LogP contribution in [-0.2, 0) is 13.1 Å². The average molecular weight is 276 g/mol. The van der Waals surface area contributed by atoms with Gasteiger partial charge in [-0.1, -0.05) is 6.07 Å².